The van der Waals surface area contributed by atoms with Crippen LogP contribution in [0.5, 0.6) is 5.75 Å². The highest BCUT2D eigenvalue weighted by Gasteiger charge is 2.33. The largest absolute Gasteiger partial charge is 0.497 e. The molecule has 0 unspecified atom stereocenters. The van der Waals surface area contributed by atoms with E-state index >= 15 is 0 Å². The van der Waals surface area contributed by atoms with Crippen molar-refractivity contribution in [3.05, 3.63) is 72.3 Å². The number of benzene rings is 2. The summed E-state index contributed by atoms with van der Waals surface area (Å²) in [4.78, 5) is 20.7. The van der Waals surface area contributed by atoms with E-state index in [1.165, 1.54) is 0 Å². The Morgan fingerprint density at radius 3 is 2.73 bits per heavy atom. The number of nitrogens with zero attached hydrogens (tertiary/aromatic N) is 5. The van der Waals surface area contributed by atoms with Crippen LogP contribution in [0, 0.1) is 0 Å². The van der Waals surface area contributed by atoms with Gasteiger partial charge >= 0.3 is 0 Å². The minimum atomic E-state index is -0.147. The molecule has 0 spiro atoms. The molecule has 0 atom stereocenters. The Balaban J connectivity index is 1.43. The predicted molar refractivity (Wildman–Crippen MR) is 114 cm³/mol. The predicted octanol–water partition coefficient (Wildman–Crippen LogP) is 3.19. The number of aliphatic hydroxyl groups excluding tert-OH is 1. The minimum Gasteiger partial charge on any atom is -0.497 e. The second-order valence-electron chi connectivity index (χ2n) is 7.32. The van der Waals surface area contributed by atoms with E-state index < -0.39 is 0 Å². The molecule has 7 heteroatoms. The van der Waals surface area contributed by atoms with Crippen LogP contribution in [0.15, 0.2) is 60.9 Å². The van der Waals surface area contributed by atoms with Gasteiger partial charge < -0.3 is 14.7 Å². The molecule has 1 saturated heterocycles. The van der Waals surface area contributed by atoms with E-state index in [0.717, 1.165) is 52.6 Å². The van der Waals surface area contributed by atoms with Gasteiger partial charge in [0.1, 0.15) is 5.75 Å². The number of para-hydroxylation sites is 1. The summed E-state index contributed by atoms with van der Waals surface area (Å²) in [5, 5.41) is 10.6. The molecule has 1 aliphatic rings. The van der Waals surface area contributed by atoms with Crippen molar-refractivity contribution in [3.8, 4) is 17.0 Å². The van der Waals surface area contributed by atoms with Gasteiger partial charge in [0.2, 0.25) is 5.95 Å². The standard InChI is InChI=1S/C23H21N5O2/c1-30-19-7-4-6-15(9-19)22-21(24-11-18(14-29)26-22)17-12-28(13-17)23-25-10-16-5-2-3-8-20(16)27-23/h2-11,17,29H,12-14H2,1H3. The molecule has 1 aliphatic heterocycles. The highest BCUT2D eigenvalue weighted by Crippen LogP contribution is 2.35. The van der Waals surface area contributed by atoms with Gasteiger partial charge in [-0.25, -0.2) is 15.0 Å². The minimum absolute atomic E-state index is 0.147. The highest BCUT2D eigenvalue weighted by molar-refractivity contribution is 5.78. The molecule has 0 bridgehead atoms. The Bertz CT molecular complexity index is 1210. The number of aromatic nitrogens is 4. The van der Waals surface area contributed by atoms with Gasteiger partial charge in [-0.05, 0) is 18.2 Å². The fourth-order valence-corrected chi connectivity index (χ4v) is 3.72. The van der Waals surface area contributed by atoms with Crippen LogP contribution in [0.25, 0.3) is 22.2 Å². The molecule has 0 amide bonds. The Labute approximate surface area is 174 Å². The smallest absolute Gasteiger partial charge is 0.225 e. The molecule has 2 aromatic carbocycles. The molecule has 0 radical (unpaired) electrons. The van der Waals surface area contributed by atoms with Gasteiger partial charge in [0.05, 0.1) is 42.5 Å². The molecule has 0 saturated carbocycles. The van der Waals surface area contributed by atoms with Gasteiger partial charge in [0.15, 0.2) is 0 Å². The van der Waals surface area contributed by atoms with Crippen LogP contribution >= 0.6 is 0 Å². The number of anilines is 1. The Morgan fingerprint density at radius 1 is 1.03 bits per heavy atom. The van der Waals surface area contributed by atoms with Gasteiger partial charge in [-0.3, -0.25) is 4.98 Å². The normalized spacial score (nSPS) is 14.0. The summed E-state index contributed by atoms with van der Waals surface area (Å²) in [6, 6.07) is 15.7. The number of ether oxygens (including phenoxy) is 1. The molecule has 1 N–H and O–H groups in total. The van der Waals surface area contributed by atoms with Crippen molar-refractivity contribution in [1.29, 1.82) is 0 Å². The first kappa shape index (κ1) is 18.4. The average molecular weight is 399 g/mol. The maximum atomic E-state index is 9.54. The number of fused-ring (bicyclic) bond motifs is 1. The lowest BCUT2D eigenvalue weighted by Gasteiger charge is -2.39. The summed E-state index contributed by atoms with van der Waals surface area (Å²) in [6.45, 7) is 1.39. The summed E-state index contributed by atoms with van der Waals surface area (Å²) >= 11 is 0. The SMILES string of the molecule is COc1cccc(-c2nc(CO)cnc2C2CN(c3ncc4ccccc4n3)C2)c1. The van der Waals surface area contributed by atoms with Crippen molar-refractivity contribution < 1.29 is 9.84 Å². The third kappa shape index (κ3) is 3.33. The highest BCUT2D eigenvalue weighted by atomic mass is 16.5. The van der Waals surface area contributed by atoms with E-state index in [9.17, 15) is 5.11 Å². The Kier molecular flexibility index (Phi) is 4.72. The first-order valence-corrected chi connectivity index (χ1v) is 9.83. The molecule has 30 heavy (non-hydrogen) atoms. The summed E-state index contributed by atoms with van der Waals surface area (Å²) in [5.41, 5.74) is 4.11. The van der Waals surface area contributed by atoms with Gasteiger partial charge in [0, 0.05) is 36.2 Å². The van der Waals surface area contributed by atoms with Crippen molar-refractivity contribution in [2.75, 3.05) is 25.1 Å². The van der Waals surface area contributed by atoms with Crippen LogP contribution in [0.1, 0.15) is 17.3 Å². The third-order valence-electron chi connectivity index (χ3n) is 5.38. The van der Waals surface area contributed by atoms with Crippen molar-refractivity contribution in [2.45, 2.75) is 12.5 Å². The van der Waals surface area contributed by atoms with E-state index in [4.69, 9.17) is 4.74 Å². The summed E-state index contributed by atoms with van der Waals surface area (Å²) in [7, 11) is 1.64. The average Bonchev–Trinajstić information content (AvgIpc) is 2.78. The van der Waals surface area contributed by atoms with Crippen LogP contribution in [0.3, 0.4) is 0 Å². The molecule has 3 heterocycles. The Hall–Kier alpha value is -3.58. The van der Waals surface area contributed by atoms with Crippen molar-refractivity contribution in [3.63, 3.8) is 0 Å². The summed E-state index contributed by atoms with van der Waals surface area (Å²) < 4.78 is 5.36. The van der Waals surface area contributed by atoms with Crippen molar-refractivity contribution >= 4 is 16.9 Å². The zero-order valence-corrected chi connectivity index (χ0v) is 16.6. The molecular formula is C23H21N5O2. The molecule has 4 aromatic rings. The van der Waals surface area contributed by atoms with E-state index in [0.29, 0.717) is 5.69 Å². The molecule has 7 nitrogen and oxygen atoms in total. The van der Waals surface area contributed by atoms with E-state index in [2.05, 4.69) is 24.8 Å². The monoisotopic (exact) mass is 399 g/mol. The second-order valence-corrected chi connectivity index (χ2v) is 7.32. The van der Waals surface area contributed by atoms with Gasteiger partial charge in [0.25, 0.3) is 0 Å². The number of rotatable bonds is 5. The van der Waals surface area contributed by atoms with E-state index in [1.54, 1.807) is 13.3 Å². The number of hydrogen-bond acceptors (Lipinski definition) is 7. The fourth-order valence-electron chi connectivity index (χ4n) is 3.72. The number of hydrogen-bond donors (Lipinski definition) is 1. The quantitative estimate of drug-likeness (QED) is 0.552. The fraction of sp³-hybridized carbons (Fsp3) is 0.217. The number of methoxy groups -OCH3 is 1. The van der Waals surface area contributed by atoms with E-state index in [1.807, 2.05) is 54.7 Å². The lowest BCUT2D eigenvalue weighted by atomic mass is 9.92. The lowest BCUT2D eigenvalue weighted by molar-refractivity contribution is 0.276. The summed E-state index contributed by atoms with van der Waals surface area (Å²) in [6.07, 6.45) is 3.51. The Morgan fingerprint density at radius 2 is 1.90 bits per heavy atom. The molecule has 5 rings (SSSR count). The lowest BCUT2D eigenvalue weighted by Crippen LogP contribution is -2.46. The second kappa shape index (κ2) is 7.68. The third-order valence-corrected chi connectivity index (χ3v) is 5.38. The van der Waals surface area contributed by atoms with Gasteiger partial charge in [-0.2, -0.15) is 0 Å². The topological polar surface area (TPSA) is 84.3 Å². The molecule has 2 aromatic heterocycles. The first-order chi connectivity index (χ1) is 14.7. The molecule has 1 fully saturated rings. The maximum absolute atomic E-state index is 9.54. The zero-order valence-electron chi connectivity index (χ0n) is 16.6. The van der Waals surface area contributed by atoms with Crippen LogP contribution in [0.4, 0.5) is 5.95 Å². The van der Waals surface area contributed by atoms with Gasteiger partial charge in [-0.1, -0.05) is 30.3 Å². The van der Waals surface area contributed by atoms with Crippen molar-refractivity contribution in [2.24, 2.45) is 0 Å². The first-order valence-electron chi connectivity index (χ1n) is 9.83. The molecule has 0 aliphatic carbocycles. The van der Waals surface area contributed by atoms with Crippen LogP contribution in [-0.4, -0.2) is 45.2 Å². The van der Waals surface area contributed by atoms with E-state index in [-0.39, 0.29) is 12.5 Å². The van der Waals surface area contributed by atoms with Crippen LogP contribution < -0.4 is 9.64 Å². The molecule has 150 valence electrons. The number of aliphatic hydroxyl groups is 1. The van der Waals surface area contributed by atoms with Crippen LogP contribution in [-0.2, 0) is 6.61 Å². The van der Waals surface area contributed by atoms with Crippen molar-refractivity contribution in [1.82, 2.24) is 19.9 Å². The molecular weight excluding hydrogens is 378 g/mol. The maximum Gasteiger partial charge on any atom is 0.225 e. The van der Waals surface area contributed by atoms with Crippen LogP contribution in [0.2, 0.25) is 0 Å². The summed E-state index contributed by atoms with van der Waals surface area (Å²) in [5.74, 6) is 1.70. The van der Waals surface area contributed by atoms with Gasteiger partial charge in [-0.15, -0.1) is 0 Å². The zero-order chi connectivity index (χ0) is 20.5.